The molecule has 3 aromatic rings. The Morgan fingerprint density at radius 3 is 2.70 bits per heavy atom. The summed E-state index contributed by atoms with van der Waals surface area (Å²) in [7, 11) is 0. The Morgan fingerprint density at radius 1 is 1.15 bits per heavy atom. The molecule has 168 valence electrons. The number of carbonyl (C=O) groups excluding carboxylic acids is 1. The molecule has 33 heavy (non-hydrogen) atoms. The van der Waals surface area contributed by atoms with Gasteiger partial charge in [-0.15, -0.1) is 0 Å². The number of fused-ring (bicyclic) bond motifs is 5. The lowest BCUT2D eigenvalue weighted by molar-refractivity contribution is -0.169. The number of allylic oxidation sites excluding steroid dienone is 1. The number of piperidine rings is 1. The Bertz CT molecular complexity index is 1290. The van der Waals surface area contributed by atoms with Gasteiger partial charge in [0.15, 0.2) is 5.41 Å². The molecule has 0 saturated carbocycles. The zero-order chi connectivity index (χ0) is 22.7. The van der Waals surface area contributed by atoms with Crippen LogP contribution in [-0.2, 0) is 22.6 Å². The van der Waals surface area contributed by atoms with E-state index in [9.17, 15) is 14.7 Å². The van der Waals surface area contributed by atoms with E-state index in [1.165, 1.54) is 0 Å². The highest BCUT2D eigenvalue weighted by Gasteiger charge is 2.63. The van der Waals surface area contributed by atoms with Crippen molar-refractivity contribution in [1.29, 1.82) is 0 Å². The van der Waals surface area contributed by atoms with Crippen LogP contribution < -0.4 is 4.84 Å². The highest BCUT2D eigenvalue weighted by Crippen LogP contribution is 2.55. The highest BCUT2D eigenvalue weighted by molar-refractivity contribution is 6.08. The molecule has 6 heteroatoms. The van der Waals surface area contributed by atoms with Crippen molar-refractivity contribution in [3.05, 3.63) is 78.0 Å². The van der Waals surface area contributed by atoms with Gasteiger partial charge in [-0.25, -0.2) is 0 Å². The zero-order valence-corrected chi connectivity index (χ0v) is 18.4. The molecular formula is C27H26N2O4. The summed E-state index contributed by atoms with van der Waals surface area (Å²) in [6.07, 6.45) is 2.64. The number of benzene rings is 2. The average molecular weight is 443 g/mol. The van der Waals surface area contributed by atoms with Gasteiger partial charge in [0.25, 0.3) is 0 Å². The minimum Gasteiger partial charge on any atom is -0.480 e. The Kier molecular flexibility index (Phi) is 4.41. The lowest BCUT2D eigenvalue weighted by Gasteiger charge is -2.49. The monoisotopic (exact) mass is 442 g/mol. The van der Waals surface area contributed by atoms with Gasteiger partial charge in [0.2, 0.25) is 5.91 Å². The van der Waals surface area contributed by atoms with Gasteiger partial charge in [0, 0.05) is 30.3 Å². The SMILES string of the molecule is C=C1c2c(c3ccccc3n2OCc2ccccc2)CC2(C(=O)O)C(=O)N3CCCC3CC12. The third kappa shape index (κ3) is 2.73. The molecular weight excluding hydrogens is 416 g/mol. The second kappa shape index (κ2) is 7.24. The number of amides is 1. The first-order valence-electron chi connectivity index (χ1n) is 11.6. The molecule has 1 amide bonds. The number of nitrogens with zero attached hydrogens (tertiary/aromatic N) is 2. The van der Waals surface area contributed by atoms with E-state index in [1.807, 2.05) is 64.2 Å². The molecule has 3 aliphatic rings. The minimum atomic E-state index is -1.50. The van der Waals surface area contributed by atoms with Crippen molar-refractivity contribution in [3.63, 3.8) is 0 Å². The molecule has 2 aliphatic heterocycles. The van der Waals surface area contributed by atoms with Crippen molar-refractivity contribution >= 4 is 28.4 Å². The lowest BCUT2D eigenvalue weighted by Crippen LogP contribution is -2.61. The van der Waals surface area contributed by atoms with Gasteiger partial charge < -0.3 is 14.8 Å². The maximum atomic E-state index is 13.7. The summed E-state index contributed by atoms with van der Waals surface area (Å²) in [5.41, 5.74) is 2.77. The first kappa shape index (κ1) is 20.1. The van der Waals surface area contributed by atoms with Gasteiger partial charge in [0.05, 0.1) is 11.2 Å². The number of hydrogen-bond acceptors (Lipinski definition) is 3. The number of aromatic nitrogens is 1. The number of aliphatic carboxylic acids is 1. The maximum absolute atomic E-state index is 13.7. The van der Waals surface area contributed by atoms with E-state index >= 15 is 0 Å². The van der Waals surface area contributed by atoms with Crippen molar-refractivity contribution in [3.8, 4) is 0 Å². The third-order valence-electron chi connectivity index (χ3n) is 7.82. The number of carbonyl (C=O) groups is 2. The smallest absolute Gasteiger partial charge is 0.320 e. The molecule has 3 heterocycles. The molecule has 2 fully saturated rings. The Labute approximate surface area is 192 Å². The molecule has 1 N–H and O–H groups in total. The normalized spacial score (nSPS) is 26.1. The van der Waals surface area contributed by atoms with Crippen LogP contribution in [0.25, 0.3) is 16.5 Å². The maximum Gasteiger partial charge on any atom is 0.320 e. The number of carboxylic acids is 1. The van der Waals surface area contributed by atoms with Crippen LogP contribution in [0.15, 0.2) is 61.2 Å². The molecule has 1 aromatic heterocycles. The molecule has 0 radical (unpaired) electrons. The van der Waals surface area contributed by atoms with E-state index in [-0.39, 0.29) is 18.4 Å². The highest BCUT2D eigenvalue weighted by atomic mass is 16.7. The van der Waals surface area contributed by atoms with Gasteiger partial charge in [-0.05, 0) is 42.0 Å². The molecule has 0 spiro atoms. The fourth-order valence-corrected chi connectivity index (χ4v) is 6.25. The van der Waals surface area contributed by atoms with Crippen molar-refractivity contribution in [2.24, 2.45) is 11.3 Å². The summed E-state index contributed by atoms with van der Waals surface area (Å²) in [5.74, 6) is -1.74. The largest absolute Gasteiger partial charge is 0.480 e. The second-order valence-electron chi connectivity index (χ2n) is 9.46. The first-order chi connectivity index (χ1) is 16.0. The predicted molar refractivity (Wildman–Crippen MR) is 124 cm³/mol. The molecule has 2 aromatic carbocycles. The van der Waals surface area contributed by atoms with Crippen molar-refractivity contribution in [1.82, 2.24) is 9.63 Å². The number of rotatable bonds is 4. The standard InChI is InChI=1S/C27H26N2O4/c1-17-22-14-19-10-7-13-28(19)25(30)27(22,26(31)32)15-21-20-11-5-6-12-23(20)29(24(17)21)33-16-18-8-3-2-4-9-18/h2-6,8-9,11-12,19,22H,1,7,10,13-16H2,(H,31,32). The molecule has 2 saturated heterocycles. The first-order valence-corrected chi connectivity index (χ1v) is 11.6. The summed E-state index contributed by atoms with van der Waals surface area (Å²) in [5, 5.41) is 11.4. The summed E-state index contributed by atoms with van der Waals surface area (Å²) in [6.45, 7) is 5.42. The topological polar surface area (TPSA) is 71.8 Å². The van der Waals surface area contributed by atoms with E-state index in [0.717, 1.165) is 40.6 Å². The summed E-state index contributed by atoms with van der Waals surface area (Å²) >= 11 is 0. The number of hydrogen-bond donors (Lipinski definition) is 1. The van der Waals surface area contributed by atoms with E-state index in [1.54, 1.807) is 0 Å². The number of para-hydroxylation sites is 1. The van der Waals surface area contributed by atoms with E-state index in [0.29, 0.717) is 25.1 Å². The summed E-state index contributed by atoms with van der Waals surface area (Å²) in [4.78, 5) is 34.6. The van der Waals surface area contributed by atoms with Crippen LogP contribution in [0.4, 0.5) is 0 Å². The third-order valence-corrected chi connectivity index (χ3v) is 7.82. The summed E-state index contributed by atoms with van der Waals surface area (Å²) in [6, 6.07) is 17.9. The molecule has 6 nitrogen and oxygen atoms in total. The lowest BCUT2D eigenvalue weighted by atomic mass is 9.59. The Balaban J connectivity index is 1.51. The number of carboxylic acid groups (broad SMARTS) is 1. The van der Waals surface area contributed by atoms with Gasteiger partial charge >= 0.3 is 5.97 Å². The molecule has 3 unspecified atom stereocenters. The van der Waals surface area contributed by atoms with E-state index in [4.69, 9.17) is 4.84 Å². The average Bonchev–Trinajstić information content (AvgIpc) is 3.42. The minimum absolute atomic E-state index is 0.0938. The van der Waals surface area contributed by atoms with Gasteiger partial charge in [0.1, 0.15) is 6.61 Å². The zero-order valence-electron chi connectivity index (χ0n) is 18.4. The van der Waals surface area contributed by atoms with E-state index in [2.05, 4.69) is 6.58 Å². The van der Waals surface area contributed by atoms with E-state index < -0.39 is 17.3 Å². The van der Waals surface area contributed by atoms with Crippen LogP contribution in [0, 0.1) is 11.3 Å². The Morgan fingerprint density at radius 2 is 1.91 bits per heavy atom. The summed E-state index contributed by atoms with van der Waals surface area (Å²) < 4.78 is 1.82. The van der Waals surface area contributed by atoms with Crippen LogP contribution in [-0.4, -0.2) is 39.2 Å². The quantitative estimate of drug-likeness (QED) is 0.622. The van der Waals surface area contributed by atoms with Crippen LogP contribution in [0.5, 0.6) is 0 Å². The van der Waals surface area contributed by atoms with Gasteiger partial charge in [-0.2, -0.15) is 4.73 Å². The van der Waals surface area contributed by atoms with Crippen LogP contribution in [0.2, 0.25) is 0 Å². The fraction of sp³-hybridized carbons (Fsp3) is 0.333. The Hall–Kier alpha value is -3.54. The fourth-order valence-electron chi connectivity index (χ4n) is 6.25. The van der Waals surface area contributed by atoms with Crippen LogP contribution in [0.3, 0.4) is 0 Å². The molecule has 6 rings (SSSR count). The van der Waals surface area contributed by atoms with Gasteiger partial charge in [-0.3, -0.25) is 9.59 Å². The predicted octanol–water partition coefficient (Wildman–Crippen LogP) is 3.92. The van der Waals surface area contributed by atoms with Crippen molar-refractivity contribution < 1.29 is 19.5 Å². The van der Waals surface area contributed by atoms with Crippen LogP contribution >= 0.6 is 0 Å². The van der Waals surface area contributed by atoms with Gasteiger partial charge in [-0.1, -0.05) is 55.1 Å². The van der Waals surface area contributed by atoms with Crippen LogP contribution in [0.1, 0.15) is 36.1 Å². The van der Waals surface area contributed by atoms with Crippen molar-refractivity contribution in [2.45, 2.75) is 38.3 Å². The molecule has 1 aliphatic carbocycles. The molecule has 0 bridgehead atoms. The van der Waals surface area contributed by atoms with Crippen molar-refractivity contribution in [2.75, 3.05) is 6.54 Å². The second-order valence-corrected chi connectivity index (χ2v) is 9.46. The molecule has 3 atom stereocenters.